The predicted molar refractivity (Wildman–Crippen MR) is 262 cm³/mol. The van der Waals surface area contributed by atoms with Gasteiger partial charge in [-0.25, -0.2) is 4.98 Å². The van der Waals surface area contributed by atoms with Crippen molar-refractivity contribution < 1.29 is 0 Å². The molecule has 5 aliphatic carbocycles. The summed E-state index contributed by atoms with van der Waals surface area (Å²) in [5.41, 5.74) is 18.0. The van der Waals surface area contributed by atoms with E-state index >= 15 is 0 Å². The van der Waals surface area contributed by atoms with Crippen molar-refractivity contribution in [1.82, 2.24) is 15.0 Å². The lowest BCUT2D eigenvalue weighted by atomic mass is 9.84. The average Bonchev–Trinajstić information content (AvgIpc) is 3.88. The number of hydrogen-bond donors (Lipinski definition) is 0. The second-order valence-corrected chi connectivity index (χ2v) is 18.1. The molecule has 0 N–H and O–H groups in total. The first-order valence-electron chi connectivity index (χ1n) is 23.1. The molecular formula is C59H47N5. The monoisotopic (exact) mass is 825 g/mol. The van der Waals surface area contributed by atoms with Crippen molar-refractivity contribution in [3.05, 3.63) is 244 Å². The van der Waals surface area contributed by atoms with Crippen LogP contribution >= 0.6 is 0 Å². The fourth-order valence-electron chi connectivity index (χ4n) is 11.3. The van der Waals surface area contributed by atoms with Crippen molar-refractivity contribution in [2.24, 2.45) is 0 Å². The first kappa shape index (κ1) is 37.2. The lowest BCUT2D eigenvalue weighted by Gasteiger charge is -2.31. The van der Waals surface area contributed by atoms with E-state index in [0.29, 0.717) is 17.8 Å². The van der Waals surface area contributed by atoms with Gasteiger partial charge in [0, 0.05) is 46.2 Å². The smallest absolute Gasteiger partial charge is 0.238 e. The van der Waals surface area contributed by atoms with Crippen LogP contribution in [0.2, 0.25) is 0 Å². The van der Waals surface area contributed by atoms with Crippen LogP contribution in [0.4, 0.5) is 23.0 Å². The fraction of sp³-hybridized carbons (Fsp3) is 0.169. The maximum Gasteiger partial charge on any atom is 0.238 e. The largest absolute Gasteiger partial charge is 0.333 e. The highest BCUT2D eigenvalue weighted by Gasteiger charge is 2.43. The third-order valence-electron chi connectivity index (χ3n) is 14.5. The summed E-state index contributed by atoms with van der Waals surface area (Å²) in [7, 11) is 0. The number of rotatable bonds is 6. The number of hydrogen-bond acceptors (Lipinski definition) is 5. The molecule has 5 heteroatoms. The number of fused-ring (bicyclic) bond motifs is 9. The number of aryl methyl sites for hydroxylation is 1. The standard InChI is InChI=1S/C59H47N5/c1-3-13-38(14-4-1)40-23-27-43(28-24-40)57-60-58(44-29-25-41(26-30-44)39-15-5-2-6-16-39)62-59(61-57)64-54-34-32-47(37-52(54)51-35-45-18-7-8-19-46(45)36-55(51)64)63-53-22-12-11-21-49(53)50-33-31-42-17-9-10-20-48(42)56(50)63/h1-8,10-16,18-25,27,29-34,36-37,41,43,49,51,53H,9,17,26,28,35H2. The van der Waals surface area contributed by atoms with Gasteiger partial charge in [0.15, 0.2) is 5.82 Å². The van der Waals surface area contributed by atoms with Gasteiger partial charge in [-0.05, 0) is 101 Å². The van der Waals surface area contributed by atoms with Crippen LogP contribution in [0.5, 0.6) is 0 Å². The van der Waals surface area contributed by atoms with Gasteiger partial charge in [0.1, 0.15) is 5.82 Å². The molecule has 0 spiro atoms. The highest BCUT2D eigenvalue weighted by atomic mass is 15.3. The summed E-state index contributed by atoms with van der Waals surface area (Å²) < 4.78 is 0. The molecule has 6 aromatic rings. The molecule has 0 bridgehead atoms. The van der Waals surface area contributed by atoms with Crippen molar-refractivity contribution in [1.29, 1.82) is 0 Å². The molecule has 0 fully saturated rings. The molecule has 0 amide bonds. The summed E-state index contributed by atoms with van der Waals surface area (Å²) in [5, 5.41) is 0. The van der Waals surface area contributed by atoms with Gasteiger partial charge in [0.05, 0.1) is 17.4 Å². The Bertz CT molecular complexity index is 3130. The highest BCUT2D eigenvalue weighted by Crippen LogP contribution is 2.56. The van der Waals surface area contributed by atoms with E-state index in [9.17, 15) is 0 Å². The first-order valence-corrected chi connectivity index (χ1v) is 23.1. The van der Waals surface area contributed by atoms with Crippen LogP contribution < -0.4 is 9.80 Å². The van der Waals surface area contributed by atoms with Crippen LogP contribution in [0.25, 0.3) is 23.3 Å². The van der Waals surface area contributed by atoms with Crippen LogP contribution in [-0.4, -0.2) is 21.0 Å². The zero-order chi connectivity index (χ0) is 42.1. The zero-order valence-electron chi connectivity index (χ0n) is 35.6. The van der Waals surface area contributed by atoms with Gasteiger partial charge < -0.3 is 4.90 Å². The Morgan fingerprint density at radius 2 is 1.42 bits per heavy atom. The summed E-state index contributed by atoms with van der Waals surface area (Å²) in [6.45, 7) is 0. The number of allylic oxidation sites excluding steroid dienone is 12. The third-order valence-corrected chi connectivity index (χ3v) is 14.5. The highest BCUT2D eigenvalue weighted by molar-refractivity contribution is 5.89. The molecule has 7 aliphatic rings. The van der Waals surface area contributed by atoms with E-state index in [2.05, 4.69) is 204 Å². The Labute approximate surface area is 375 Å². The summed E-state index contributed by atoms with van der Waals surface area (Å²) in [6, 6.07) is 42.5. The summed E-state index contributed by atoms with van der Waals surface area (Å²) in [6.07, 6.45) is 34.9. The van der Waals surface area contributed by atoms with E-state index in [1.165, 1.54) is 67.2 Å². The third kappa shape index (κ3) is 6.17. The van der Waals surface area contributed by atoms with Gasteiger partial charge in [-0.2, -0.15) is 9.97 Å². The molecule has 0 saturated heterocycles. The Balaban J connectivity index is 0.945. The van der Waals surface area contributed by atoms with Crippen molar-refractivity contribution in [2.45, 2.75) is 61.8 Å². The summed E-state index contributed by atoms with van der Waals surface area (Å²) >= 11 is 0. The van der Waals surface area contributed by atoms with Gasteiger partial charge in [-0.15, -0.1) is 0 Å². The molecule has 5 atom stereocenters. The molecule has 0 saturated carbocycles. The van der Waals surface area contributed by atoms with Crippen LogP contribution in [0, 0.1) is 0 Å². The van der Waals surface area contributed by atoms with Gasteiger partial charge in [-0.3, -0.25) is 4.90 Å². The van der Waals surface area contributed by atoms with Crippen LogP contribution in [-0.2, 0) is 12.8 Å². The molecule has 2 aliphatic heterocycles. The van der Waals surface area contributed by atoms with Gasteiger partial charge >= 0.3 is 0 Å². The van der Waals surface area contributed by atoms with Gasteiger partial charge in [0.2, 0.25) is 5.95 Å². The lowest BCUT2D eigenvalue weighted by molar-refractivity contribution is 0.742. The zero-order valence-corrected chi connectivity index (χ0v) is 35.6. The molecule has 5 aromatic carbocycles. The molecule has 308 valence electrons. The summed E-state index contributed by atoms with van der Waals surface area (Å²) in [5.74, 6) is 2.99. The Hall–Kier alpha value is -7.37. The molecule has 5 nitrogen and oxygen atoms in total. The molecular weight excluding hydrogens is 779 g/mol. The van der Waals surface area contributed by atoms with Crippen LogP contribution in [0.3, 0.4) is 0 Å². The Morgan fingerprint density at radius 1 is 0.625 bits per heavy atom. The van der Waals surface area contributed by atoms with E-state index in [0.717, 1.165) is 55.0 Å². The fourth-order valence-corrected chi connectivity index (χ4v) is 11.3. The quantitative estimate of drug-likeness (QED) is 0.167. The SMILES string of the molecule is C1=CC2c3ccc4c(c3N(c3ccc5c(c3)C3Cc6ccccc6C=C3N5c3nc(C5=CCC(c6ccccc6)C=C5)nc(C5C=CC(c6ccccc6)=CC5)n3)C2C=C1)C=CCC4. The lowest BCUT2D eigenvalue weighted by Crippen LogP contribution is -2.29. The molecule has 1 aromatic heterocycles. The molecule has 0 radical (unpaired) electrons. The number of aromatic nitrogens is 3. The van der Waals surface area contributed by atoms with Gasteiger partial charge in [-0.1, -0.05) is 170 Å². The average molecular weight is 826 g/mol. The number of anilines is 4. The van der Waals surface area contributed by atoms with E-state index in [1.807, 2.05) is 0 Å². The summed E-state index contributed by atoms with van der Waals surface area (Å²) in [4.78, 5) is 21.2. The second kappa shape index (κ2) is 15.2. The number of nitrogens with zero attached hydrogens (tertiary/aromatic N) is 5. The van der Waals surface area contributed by atoms with E-state index in [1.54, 1.807) is 0 Å². The molecule has 64 heavy (non-hydrogen) atoms. The van der Waals surface area contributed by atoms with Crippen molar-refractivity contribution >= 4 is 46.3 Å². The van der Waals surface area contributed by atoms with Crippen molar-refractivity contribution in [3.63, 3.8) is 0 Å². The maximum absolute atomic E-state index is 5.47. The Kier molecular flexibility index (Phi) is 8.82. The second-order valence-electron chi connectivity index (χ2n) is 18.1. The van der Waals surface area contributed by atoms with Gasteiger partial charge in [0.25, 0.3) is 0 Å². The molecule has 3 heterocycles. The van der Waals surface area contributed by atoms with E-state index in [4.69, 9.17) is 15.0 Å². The van der Waals surface area contributed by atoms with E-state index in [-0.39, 0.29) is 17.9 Å². The van der Waals surface area contributed by atoms with E-state index < -0.39 is 0 Å². The minimum atomic E-state index is 0.0141. The minimum Gasteiger partial charge on any atom is -0.333 e. The topological polar surface area (TPSA) is 45.2 Å². The maximum atomic E-state index is 5.47. The van der Waals surface area contributed by atoms with Crippen molar-refractivity contribution in [2.75, 3.05) is 9.80 Å². The first-order chi connectivity index (χ1) is 31.7. The molecule has 13 rings (SSSR count). The van der Waals surface area contributed by atoms with Crippen molar-refractivity contribution in [3.8, 4) is 0 Å². The van der Waals surface area contributed by atoms with Crippen LogP contribution in [0.1, 0.15) is 99.1 Å². The Morgan fingerprint density at radius 3 is 2.28 bits per heavy atom. The predicted octanol–water partition coefficient (Wildman–Crippen LogP) is 13.6. The number of benzene rings is 5. The minimum absolute atomic E-state index is 0.0141. The van der Waals surface area contributed by atoms with Crippen LogP contribution in [0.15, 0.2) is 188 Å². The normalized spacial score (nSPS) is 23.1. The molecule has 5 unspecified atom stereocenters.